The fourth-order valence-corrected chi connectivity index (χ4v) is 5.41. The first-order valence-corrected chi connectivity index (χ1v) is 13.3. The number of nitrogens with one attached hydrogen (secondary N) is 2. The third kappa shape index (κ3) is 5.39. The Balaban J connectivity index is 1.19. The zero-order chi connectivity index (χ0) is 25.2. The van der Waals surface area contributed by atoms with Gasteiger partial charge in [0.05, 0.1) is 16.6 Å². The maximum absolute atomic E-state index is 13.0. The van der Waals surface area contributed by atoms with Crippen LogP contribution in [0.25, 0.3) is 21.8 Å². The van der Waals surface area contributed by atoms with E-state index < -0.39 is 0 Å². The van der Waals surface area contributed by atoms with Gasteiger partial charge in [0.2, 0.25) is 5.95 Å². The van der Waals surface area contributed by atoms with Crippen LogP contribution in [0.15, 0.2) is 53.0 Å². The van der Waals surface area contributed by atoms with E-state index in [-0.39, 0.29) is 5.91 Å². The van der Waals surface area contributed by atoms with Gasteiger partial charge in [0.25, 0.3) is 5.91 Å². The van der Waals surface area contributed by atoms with E-state index in [9.17, 15) is 4.79 Å². The Labute approximate surface area is 223 Å². The highest BCUT2D eigenvalue weighted by molar-refractivity contribution is 9.10. The normalized spacial score (nSPS) is 17.8. The molecule has 0 radical (unpaired) electrons. The summed E-state index contributed by atoms with van der Waals surface area (Å²) in [5, 5.41) is 8.81. The summed E-state index contributed by atoms with van der Waals surface area (Å²) < 4.78 is 0.895. The molecular weight excluding hydrogens is 540 g/mol. The van der Waals surface area contributed by atoms with Crippen LogP contribution in [-0.4, -0.2) is 47.5 Å². The maximum Gasteiger partial charge on any atom is 0.252 e. The Hall–Kier alpha value is -2.97. The molecule has 0 spiro atoms. The lowest BCUT2D eigenvalue weighted by Crippen LogP contribution is -2.34. The number of rotatable bonds is 6. The number of para-hydroxylation sites is 1. The average Bonchev–Trinajstić information content (AvgIpc) is 2.87. The second kappa shape index (κ2) is 10.6. The number of carbonyl (C=O) groups is 1. The van der Waals surface area contributed by atoms with Crippen LogP contribution in [0.4, 0.5) is 11.8 Å². The average molecular weight is 568 g/mol. The zero-order valence-corrected chi connectivity index (χ0v) is 22.6. The predicted molar refractivity (Wildman–Crippen MR) is 150 cm³/mol. The van der Waals surface area contributed by atoms with E-state index in [1.54, 1.807) is 6.07 Å². The van der Waals surface area contributed by atoms with Crippen molar-refractivity contribution in [3.05, 3.63) is 63.7 Å². The van der Waals surface area contributed by atoms with Gasteiger partial charge in [-0.25, -0.2) is 9.97 Å². The molecule has 2 aromatic carbocycles. The summed E-state index contributed by atoms with van der Waals surface area (Å²) in [4.78, 5) is 28.9. The van der Waals surface area contributed by atoms with Crippen molar-refractivity contribution in [3.8, 4) is 0 Å². The molecule has 9 heteroatoms. The van der Waals surface area contributed by atoms with E-state index in [0.29, 0.717) is 40.7 Å². The quantitative estimate of drug-likeness (QED) is 0.276. The van der Waals surface area contributed by atoms with Crippen LogP contribution in [0.2, 0.25) is 5.15 Å². The predicted octanol–water partition coefficient (Wildman–Crippen LogP) is 6.06. The first-order valence-electron chi connectivity index (χ1n) is 12.1. The van der Waals surface area contributed by atoms with Gasteiger partial charge in [-0.15, -0.1) is 0 Å². The third-order valence-corrected chi connectivity index (χ3v) is 7.41. The smallest absolute Gasteiger partial charge is 0.252 e. The van der Waals surface area contributed by atoms with Crippen molar-refractivity contribution in [1.82, 2.24) is 20.3 Å². The number of fused-ring (bicyclic) bond motifs is 2. The highest BCUT2D eigenvalue weighted by Gasteiger charge is 2.23. The highest BCUT2D eigenvalue weighted by atomic mass is 79.9. The Kier molecular flexibility index (Phi) is 7.25. The molecule has 1 aliphatic carbocycles. The van der Waals surface area contributed by atoms with Gasteiger partial charge in [0.15, 0.2) is 0 Å². The van der Waals surface area contributed by atoms with Gasteiger partial charge in [-0.3, -0.25) is 4.79 Å². The van der Waals surface area contributed by atoms with Gasteiger partial charge in [0.1, 0.15) is 11.0 Å². The number of nitrogens with zero attached hydrogens (tertiary/aromatic N) is 4. The molecule has 36 heavy (non-hydrogen) atoms. The third-order valence-electron chi connectivity index (χ3n) is 6.72. The Morgan fingerprint density at radius 1 is 1.00 bits per heavy atom. The molecule has 0 unspecified atom stereocenters. The minimum atomic E-state index is -0.122. The number of hydrogen-bond donors (Lipinski definition) is 2. The number of amides is 1. The molecule has 186 valence electrons. The number of benzene rings is 2. The number of pyridine rings is 1. The topological polar surface area (TPSA) is 83.0 Å². The molecule has 4 aromatic rings. The van der Waals surface area contributed by atoms with Crippen LogP contribution >= 0.6 is 27.5 Å². The first kappa shape index (κ1) is 24.7. The monoisotopic (exact) mass is 566 g/mol. The van der Waals surface area contributed by atoms with Crippen LogP contribution < -0.4 is 15.5 Å². The second-order valence-electron chi connectivity index (χ2n) is 9.51. The van der Waals surface area contributed by atoms with Gasteiger partial charge in [-0.05, 0) is 68.0 Å². The van der Waals surface area contributed by atoms with Crippen molar-refractivity contribution in [1.29, 1.82) is 0 Å². The highest BCUT2D eigenvalue weighted by Crippen LogP contribution is 2.29. The molecule has 2 heterocycles. The summed E-state index contributed by atoms with van der Waals surface area (Å²) in [7, 11) is 4.00. The Morgan fingerprint density at radius 2 is 1.75 bits per heavy atom. The van der Waals surface area contributed by atoms with Crippen molar-refractivity contribution in [2.24, 2.45) is 5.92 Å². The van der Waals surface area contributed by atoms with Crippen molar-refractivity contribution in [2.75, 3.05) is 30.9 Å². The van der Waals surface area contributed by atoms with E-state index in [1.165, 1.54) is 0 Å². The Morgan fingerprint density at radius 3 is 2.53 bits per heavy atom. The lowest BCUT2D eigenvalue weighted by atomic mass is 9.86. The van der Waals surface area contributed by atoms with Gasteiger partial charge in [-0.2, -0.15) is 4.98 Å². The number of hydrogen-bond acceptors (Lipinski definition) is 6. The molecule has 7 nitrogen and oxygen atoms in total. The molecule has 2 aromatic heterocycles. The molecular formula is C27H28BrClN6O. The van der Waals surface area contributed by atoms with Crippen LogP contribution in [0.5, 0.6) is 0 Å². The molecule has 1 fully saturated rings. The van der Waals surface area contributed by atoms with E-state index in [4.69, 9.17) is 21.6 Å². The molecule has 0 saturated heterocycles. The summed E-state index contributed by atoms with van der Waals surface area (Å²) in [6.45, 7) is 0.637. The van der Waals surface area contributed by atoms with Gasteiger partial charge < -0.3 is 15.5 Å². The molecule has 5 rings (SSSR count). The van der Waals surface area contributed by atoms with E-state index in [0.717, 1.165) is 52.3 Å². The number of aromatic nitrogens is 3. The summed E-state index contributed by atoms with van der Waals surface area (Å²) in [5.41, 5.74) is 2.19. The van der Waals surface area contributed by atoms with Gasteiger partial charge in [0, 0.05) is 41.9 Å². The van der Waals surface area contributed by atoms with Crippen molar-refractivity contribution < 1.29 is 4.79 Å². The Bertz CT molecular complexity index is 1420. The SMILES string of the molecule is CN(C)c1nc(N[C@H]2CC[C@@H](CNC(=O)c3cc(Cl)nc4ccc(Br)cc34)CC2)nc2ccccc12. The fourth-order valence-electron chi connectivity index (χ4n) is 4.84. The standard InChI is InChI=1S/C27H28BrClN6O/c1-35(2)25-19-5-3-4-6-22(19)33-27(34-25)31-18-10-7-16(8-11-18)15-30-26(36)21-14-24(29)32-23-12-9-17(28)13-20(21)23/h3-6,9,12-14,16,18H,7-8,10-11,15H2,1-2H3,(H,30,36)(H,31,33,34)/t16-,18+. The summed E-state index contributed by atoms with van der Waals surface area (Å²) in [5.74, 6) is 1.89. The molecule has 1 saturated carbocycles. The fraction of sp³-hybridized carbons (Fsp3) is 0.333. The molecule has 0 bridgehead atoms. The molecule has 0 atom stereocenters. The van der Waals surface area contributed by atoms with E-state index in [1.807, 2.05) is 55.4 Å². The van der Waals surface area contributed by atoms with E-state index >= 15 is 0 Å². The number of halogens is 2. The van der Waals surface area contributed by atoms with Crippen molar-refractivity contribution in [2.45, 2.75) is 31.7 Å². The van der Waals surface area contributed by atoms with Crippen molar-refractivity contribution in [3.63, 3.8) is 0 Å². The number of anilines is 2. The lowest BCUT2D eigenvalue weighted by molar-refractivity contribution is 0.0945. The zero-order valence-electron chi connectivity index (χ0n) is 20.3. The van der Waals surface area contributed by atoms with Crippen LogP contribution in [0.3, 0.4) is 0 Å². The second-order valence-corrected chi connectivity index (χ2v) is 10.8. The lowest BCUT2D eigenvalue weighted by Gasteiger charge is -2.29. The molecule has 0 aliphatic heterocycles. The van der Waals surface area contributed by atoms with Crippen LogP contribution in [-0.2, 0) is 0 Å². The maximum atomic E-state index is 13.0. The van der Waals surface area contributed by atoms with Crippen molar-refractivity contribution >= 4 is 67.0 Å². The van der Waals surface area contributed by atoms with E-state index in [2.05, 4.69) is 37.6 Å². The van der Waals surface area contributed by atoms with Crippen LogP contribution in [0, 0.1) is 5.92 Å². The minimum Gasteiger partial charge on any atom is -0.362 e. The largest absolute Gasteiger partial charge is 0.362 e. The molecule has 2 N–H and O–H groups in total. The van der Waals surface area contributed by atoms with Gasteiger partial charge >= 0.3 is 0 Å². The summed E-state index contributed by atoms with van der Waals surface area (Å²) in [6.07, 6.45) is 4.06. The summed E-state index contributed by atoms with van der Waals surface area (Å²) >= 11 is 9.65. The molecule has 1 aliphatic rings. The van der Waals surface area contributed by atoms with Crippen LogP contribution in [0.1, 0.15) is 36.0 Å². The minimum absolute atomic E-state index is 0.122. The number of carbonyl (C=O) groups excluding carboxylic acids is 1. The summed E-state index contributed by atoms with van der Waals surface area (Å²) in [6, 6.07) is 15.7. The van der Waals surface area contributed by atoms with Gasteiger partial charge in [-0.1, -0.05) is 39.7 Å². The first-order chi connectivity index (χ1) is 17.4. The molecule has 1 amide bonds.